The molecule has 1 saturated heterocycles. The Morgan fingerprint density at radius 2 is 2.19 bits per heavy atom. The highest BCUT2D eigenvalue weighted by Crippen LogP contribution is 2.33. The SMILES string of the molecule is CCCCn1ccnc1[C@@H]1CCCN(C(=O)c2ccc3c(c2)OCO3)C1. The van der Waals surface area contributed by atoms with Crippen molar-refractivity contribution >= 4 is 5.91 Å². The first kappa shape index (κ1) is 16.9. The molecule has 3 heterocycles. The van der Waals surface area contributed by atoms with E-state index in [2.05, 4.69) is 22.7 Å². The average Bonchev–Trinajstić information content (AvgIpc) is 3.34. The fraction of sp³-hybridized carbons (Fsp3) is 0.500. The van der Waals surface area contributed by atoms with Crippen molar-refractivity contribution in [1.82, 2.24) is 14.5 Å². The molecule has 6 heteroatoms. The number of rotatable bonds is 5. The van der Waals surface area contributed by atoms with Gasteiger partial charge in [-0.3, -0.25) is 4.79 Å². The number of imidazole rings is 1. The summed E-state index contributed by atoms with van der Waals surface area (Å²) in [7, 11) is 0. The van der Waals surface area contributed by atoms with E-state index < -0.39 is 0 Å². The number of amides is 1. The van der Waals surface area contributed by atoms with Crippen LogP contribution in [0.5, 0.6) is 11.5 Å². The zero-order valence-corrected chi connectivity index (χ0v) is 15.2. The van der Waals surface area contributed by atoms with Crippen LogP contribution in [0.3, 0.4) is 0 Å². The van der Waals surface area contributed by atoms with Crippen molar-refractivity contribution < 1.29 is 14.3 Å². The number of benzene rings is 1. The van der Waals surface area contributed by atoms with Crippen LogP contribution in [0.2, 0.25) is 0 Å². The average molecular weight is 355 g/mol. The Morgan fingerprint density at radius 3 is 3.08 bits per heavy atom. The Labute approximate surface area is 153 Å². The number of likely N-dealkylation sites (tertiary alicyclic amines) is 1. The lowest BCUT2D eigenvalue weighted by atomic mass is 9.96. The summed E-state index contributed by atoms with van der Waals surface area (Å²) in [6, 6.07) is 5.42. The summed E-state index contributed by atoms with van der Waals surface area (Å²) < 4.78 is 13.0. The molecule has 0 saturated carbocycles. The van der Waals surface area contributed by atoms with Crippen molar-refractivity contribution in [2.75, 3.05) is 19.9 Å². The van der Waals surface area contributed by atoms with Crippen LogP contribution in [-0.2, 0) is 6.54 Å². The molecule has 6 nitrogen and oxygen atoms in total. The Morgan fingerprint density at radius 1 is 1.31 bits per heavy atom. The summed E-state index contributed by atoms with van der Waals surface area (Å²) in [6.45, 7) is 4.93. The molecule has 0 unspecified atom stereocenters. The Balaban J connectivity index is 1.48. The lowest BCUT2D eigenvalue weighted by molar-refractivity contribution is 0.0703. The molecule has 2 aliphatic heterocycles. The van der Waals surface area contributed by atoms with Crippen molar-refractivity contribution in [3.8, 4) is 11.5 Å². The number of hydrogen-bond acceptors (Lipinski definition) is 4. The van der Waals surface area contributed by atoms with Gasteiger partial charge in [0.1, 0.15) is 5.82 Å². The first-order valence-corrected chi connectivity index (χ1v) is 9.46. The number of unbranched alkanes of at least 4 members (excludes halogenated alkanes) is 1. The summed E-state index contributed by atoms with van der Waals surface area (Å²) in [5, 5.41) is 0. The van der Waals surface area contributed by atoms with Crippen molar-refractivity contribution in [3.63, 3.8) is 0 Å². The zero-order chi connectivity index (χ0) is 17.9. The van der Waals surface area contributed by atoms with Gasteiger partial charge in [-0.25, -0.2) is 4.98 Å². The van der Waals surface area contributed by atoms with Crippen LogP contribution in [0.25, 0.3) is 0 Å². The summed E-state index contributed by atoms with van der Waals surface area (Å²) >= 11 is 0. The van der Waals surface area contributed by atoms with Gasteiger partial charge in [-0.2, -0.15) is 0 Å². The Kier molecular flexibility index (Phi) is 4.82. The molecular weight excluding hydrogens is 330 g/mol. The third-order valence-corrected chi connectivity index (χ3v) is 5.19. The highest BCUT2D eigenvalue weighted by molar-refractivity contribution is 5.95. The van der Waals surface area contributed by atoms with Gasteiger partial charge in [0.25, 0.3) is 5.91 Å². The maximum absolute atomic E-state index is 13.0. The molecular formula is C20H25N3O3. The number of hydrogen-bond donors (Lipinski definition) is 0. The summed E-state index contributed by atoms with van der Waals surface area (Å²) in [5.41, 5.74) is 0.657. The summed E-state index contributed by atoms with van der Waals surface area (Å²) in [4.78, 5) is 19.5. The van der Waals surface area contributed by atoms with Gasteiger partial charge in [-0.05, 0) is 37.5 Å². The van der Waals surface area contributed by atoms with Gasteiger partial charge >= 0.3 is 0 Å². The summed E-state index contributed by atoms with van der Waals surface area (Å²) in [6.07, 6.45) is 8.33. The largest absolute Gasteiger partial charge is 0.454 e. The molecule has 0 bridgehead atoms. The molecule has 0 spiro atoms. The van der Waals surface area contributed by atoms with Crippen LogP contribution in [0.4, 0.5) is 0 Å². The maximum atomic E-state index is 13.0. The second-order valence-corrected chi connectivity index (χ2v) is 6.99. The van der Waals surface area contributed by atoms with Crippen LogP contribution in [0.15, 0.2) is 30.6 Å². The van der Waals surface area contributed by atoms with Crippen molar-refractivity contribution in [1.29, 1.82) is 0 Å². The molecule has 1 aromatic carbocycles. The van der Waals surface area contributed by atoms with Crippen LogP contribution < -0.4 is 9.47 Å². The van der Waals surface area contributed by atoms with Crippen LogP contribution in [0, 0.1) is 0 Å². The number of fused-ring (bicyclic) bond motifs is 1. The minimum absolute atomic E-state index is 0.0552. The smallest absolute Gasteiger partial charge is 0.254 e. The third kappa shape index (κ3) is 3.28. The zero-order valence-electron chi connectivity index (χ0n) is 15.2. The van der Waals surface area contributed by atoms with Crippen LogP contribution in [-0.4, -0.2) is 40.2 Å². The van der Waals surface area contributed by atoms with Gasteiger partial charge in [0.05, 0.1) is 0 Å². The van der Waals surface area contributed by atoms with E-state index in [-0.39, 0.29) is 12.7 Å². The van der Waals surface area contributed by atoms with Crippen LogP contribution >= 0.6 is 0 Å². The molecule has 2 aliphatic rings. The first-order valence-electron chi connectivity index (χ1n) is 9.46. The highest BCUT2D eigenvalue weighted by atomic mass is 16.7. The van der Waals surface area contributed by atoms with E-state index in [9.17, 15) is 4.79 Å². The third-order valence-electron chi connectivity index (χ3n) is 5.19. The monoisotopic (exact) mass is 355 g/mol. The second kappa shape index (κ2) is 7.40. The van der Waals surface area contributed by atoms with Crippen molar-refractivity contribution in [3.05, 3.63) is 42.0 Å². The maximum Gasteiger partial charge on any atom is 0.254 e. The van der Waals surface area contributed by atoms with Crippen LogP contribution in [0.1, 0.15) is 54.7 Å². The molecule has 4 rings (SSSR count). The number of ether oxygens (including phenoxy) is 2. The first-order chi connectivity index (χ1) is 12.8. The molecule has 1 amide bonds. The van der Waals surface area contributed by atoms with E-state index in [1.807, 2.05) is 23.2 Å². The Bertz CT molecular complexity index is 786. The molecule has 0 aliphatic carbocycles. The van der Waals surface area contributed by atoms with Gasteiger partial charge < -0.3 is 18.9 Å². The number of carbonyl (C=O) groups excluding carboxylic acids is 1. The van der Waals surface area contributed by atoms with Gasteiger partial charge in [0.2, 0.25) is 6.79 Å². The molecule has 1 atom stereocenters. The van der Waals surface area contributed by atoms with Gasteiger partial charge in [-0.1, -0.05) is 13.3 Å². The number of nitrogens with zero attached hydrogens (tertiary/aromatic N) is 3. The second-order valence-electron chi connectivity index (χ2n) is 6.99. The lowest BCUT2D eigenvalue weighted by Gasteiger charge is -2.32. The van der Waals surface area contributed by atoms with E-state index in [1.165, 1.54) is 0 Å². The predicted octanol–water partition coefficient (Wildman–Crippen LogP) is 3.43. The summed E-state index contributed by atoms with van der Waals surface area (Å²) in [5.74, 6) is 2.82. The number of piperidine rings is 1. The predicted molar refractivity (Wildman–Crippen MR) is 97.6 cm³/mol. The quantitative estimate of drug-likeness (QED) is 0.824. The van der Waals surface area contributed by atoms with Gasteiger partial charge in [0.15, 0.2) is 11.5 Å². The van der Waals surface area contributed by atoms with E-state index in [1.54, 1.807) is 6.07 Å². The topological polar surface area (TPSA) is 56.6 Å². The fourth-order valence-electron chi connectivity index (χ4n) is 3.78. The van der Waals surface area contributed by atoms with Crippen molar-refractivity contribution in [2.24, 2.45) is 0 Å². The normalized spacial score (nSPS) is 19.0. The van der Waals surface area contributed by atoms with Gasteiger partial charge in [0, 0.05) is 43.5 Å². The molecule has 0 radical (unpaired) electrons. The molecule has 138 valence electrons. The molecule has 26 heavy (non-hydrogen) atoms. The molecule has 1 aromatic heterocycles. The highest BCUT2D eigenvalue weighted by Gasteiger charge is 2.28. The molecule has 0 N–H and O–H groups in total. The minimum atomic E-state index is 0.0552. The number of aryl methyl sites for hydroxylation is 1. The minimum Gasteiger partial charge on any atom is -0.454 e. The van der Waals surface area contributed by atoms with Crippen molar-refractivity contribution in [2.45, 2.75) is 45.1 Å². The fourth-order valence-corrected chi connectivity index (χ4v) is 3.78. The van der Waals surface area contributed by atoms with E-state index in [0.29, 0.717) is 23.0 Å². The van der Waals surface area contributed by atoms with E-state index in [4.69, 9.17) is 9.47 Å². The number of aromatic nitrogens is 2. The Hall–Kier alpha value is -2.50. The van der Waals surface area contributed by atoms with E-state index in [0.717, 1.165) is 51.1 Å². The lowest BCUT2D eigenvalue weighted by Crippen LogP contribution is -2.39. The van der Waals surface area contributed by atoms with Gasteiger partial charge in [-0.15, -0.1) is 0 Å². The molecule has 1 fully saturated rings. The number of carbonyl (C=O) groups is 1. The standard InChI is InChI=1S/C20H25N3O3/c1-2-3-9-22-11-8-21-19(22)16-5-4-10-23(13-16)20(24)15-6-7-17-18(12-15)26-14-25-17/h6-8,11-12,16H,2-5,9-10,13-14H2,1H3/t16-/m1/s1. The van der Waals surface area contributed by atoms with E-state index >= 15 is 0 Å². The molecule has 2 aromatic rings.